The van der Waals surface area contributed by atoms with E-state index in [1.165, 1.54) is 29.7 Å². The van der Waals surface area contributed by atoms with Crippen LogP contribution in [0.3, 0.4) is 0 Å². The Morgan fingerprint density at radius 1 is 1.43 bits per heavy atom. The van der Waals surface area contributed by atoms with Gasteiger partial charge in [-0.1, -0.05) is 0 Å². The Morgan fingerprint density at radius 2 is 2.19 bits per heavy atom. The van der Waals surface area contributed by atoms with Gasteiger partial charge in [-0.3, -0.25) is 20.9 Å². The summed E-state index contributed by atoms with van der Waals surface area (Å²) < 4.78 is 26.6. The van der Waals surface area contributed by atoms with Crippen molar-refractivity contribution in [3.8, 4) is 0 Å². The number of benzene rings is 1. The van der Waals surface area contributed by atoms with Crippen LogP contribution in [0, 0.1) is 10.1 Å². The number of anilines is 1. The van der Waals surface area contributed by atoms with E-state index in [0.29, 0.717) is 0 Å². The standard InChI is InChI=1S/C10H11N5O4S2/c11-14-9-2-1-8(3-10(9)15(16)17)21(18,19)13-5-7-4-12-6-20-7/h1-4,6,13-14H,5,11H2. The molecule has 0 unspecified atom stereocenters. The Kier molecular flexibility index (Phi) is 4.47. The molecule has 1 heterocycles. The lowest BCUT2D eigenvalue weighted by Crippen LogP contribution is -2.23. The average Bonchev–Trinajstić information content (AvgIpc) is 2.97. The second-order valence-corrected chi connectivity index (χ2v) is 6.61. The fourth-order valence-corrected chi connectivity index (χ4v) is 3.18. The normalized spacial score (nSPS) is 11.3. The van der Waals surface area contributed by atoms with Crippen LogP contribution in [0.25, 0.3) is 0 Å². The van der Waals surface area contributed by atoms with Crippen LogP contribution >= 0.6 is 11.3 Å². The molecule has 0 bridgehead atoms. The van der Waals surface area contributed by atoms with E-state index in [1.807, 2.05) is 0 Å². The predicted molar refractivity (Wildman–Crippen MR) is 77.0 cm³/mol. The first kappa shape index (κ1) is 15.3. The molecule has 0 spiro atoms. The van der Waals surface area contributed by atoms with E-state index in [0.717, 1.165) is 10.9 Å². The highest BCUT2D eigenvalue weighted by atomic mass is 32.2. The number of nitrogens with two attached hydrogens (primary N) is 1. The van der Waals surface area contributed by atoms with Gasteiger partial charge in [-0.05, 0) is 12.1 Å². The second kappa shape index (κ2) is 6.13. The molecule has 0 saturated carbocycles. The first-order valence-corrected chi connectivity index (χ1v) is 7.92. The van der Waals surface area contributed by atoms with Crippen LogP contribution < -0.4 is 16.0 Å². The lowest BCUT2D eigenvalue weighted by atomic mass is 10.3. The lowest BCUT2D eigenvalue weighted by Gasteiger charge is -2.07. The molecule has 0 aliphatic carbocycles. The maximum atomic E-state index is 12.1. The molecule has 112 valence electrons. The summed E-state index contributed by atoms with van der Waals surface area (Å²) >= 11 is 1.30. The molecule has 0 radical (unpaired) electrons. The zero-order valence-corrected chi connectivity index (χ0v) is 12.1. The van der Waals surface area contributed by atoms with Crippen LogP contribution in [0.4, 0.5) is 11.4 Å². The van der Waals surface area contributed by atoms with Crippen LogP contribution in [-0.4, -0.2) is 18.3 Å². The number of thiazole rings is 1. The van der Waals surface area contributed by atoms with Crippen LogP contribution in [0.1, 0.15) is 4.88 Å². The highest BCUT2D eigenvalue weighted by molar-refractivity contribution is 7.89. The Hall–Kier alpha value is -2.08. The minimum Gasteiger partial charge on any atom is -0.318 e. The minimum atomic E-state index is -3.86. The van der Waals surface area contributed by atoms with Gasteiger partial charge < -0.3 is 5.43 Å². The molecule has 0 aliphatic rings. The second-order valence-electron chi connectivity index (χ2n) is 3.87. The quantitative estimate of drug-likeness (QED) is 0.404. The van der Waals surface area contributed by atoms with Gasteiger partial charge in [0.1, 0.15) is 5.69 Å². The molecule has 4 N–H and O–H groups in total. The topological polar surface area (TPSA) is 140 Å². The molecule has 1 aromatic heterocycles. The molecule has 0 fully saturated rings. The van der Waals surface area contributed by atoms with E-state index in [4.69, 9.17) is 5.84 Å². The minimum absolute atomic E-state index is 0.0291. The van der Waals surface area contributed by atoms with Crippen LogP contribution in [0.2, 0.25) is 0 Å². The summed E-state index contributed by atoms with van der Waals surface area (Å²) in [4.78, 5) is 14.5. The van der Waals surface area contributed by atoms with E-state index in [1.54, 1.807) is 5.51 Å². The number of nitrogens with zero attached hydrogens (tertiary/aromatic N) is 2. The Labute approximate surface area is 124 Å². The maximum absolute atomic E-state index is 12.1. The number of nitro groups is 1. The van der Waals surface area contributed by atoms with Gasteiger partial charge in [-0.25, -0.2) is 13.1 Å². The number of hydrogen-bond donors (Lipinski definition) is 3. The molecule has 9 nitrogen and oxygen atoms in total. The van der Waals surface area contributed by atoms with Crippen LogP contribution in [0.5, 0.6) is 0 Å². The van der Waals surface area contributed by atoms with Gasteiger partial charge >= 0.3 is 0 Å². The number of nitro benzene ring substituents is 1. The summed E-state index contributed by atoms with van der Waals surface area (Å²) in [6, 6.07) is 3.42. The summed E-state index contributed by atoms with van der Waals surface area (Å²) in [5.74, 6) is 5.15. The molecule has 0 aliphatic heterocycles. The summed E-state index contributed by atoms with van der Waals surface area (Å²) in [6.45, 7) is 0.0672. The number of hydrogen-bond acceptors (Lipinski definition) is 8. The van der Waals surface area contributed by atoms with E-state index in [-0.39, 0.29) is 17.1 Å². The first-order chi connectivity index (χ1) is 9.94. The van der Waals surface area contributed by atoms with Crippen molar-refractivity contribution >= 4 is 32.7 Å². The Morgan fingerprint density at radius 3 is 2.76 bits per heavy atom. The van der Waals surface area contributed by atoms with Crippen molar-refractivity contribution in [2.24, 2.45) is 5.84 Å². The highest BCUT2D eigenvalue weighted by Crippen LogP contribution is 2.26. The van der Waals surface area contributed by atoms with E-state index in [2.05, 4.69) is 15.1 Å². The summed E-state index contributed by atoms with van der Waals surface area (Å²) in [5.41, 5.74) is 3.34. The van der Waals surface area contributed by atoms with Gasteiger partial charge in [0.05, 0.1) is 15.3 Å². The zero-order valence-electron chi connectivity index (χ0n) is 10.5. The van der Waals surface area contributed by atoms with Gasteiger partial charge in [-0.15, -0.1) is 11.3 Å². The van der Waals surface area contributed by atoms with Gasteiger partial charge in [0.25, 0.3) is 5.69 Å². The third kappa shape index (κ3) is 3.52. The largest absolute Gasteiger partial charge is 0.318 e. The summed E-state index contributed by atoms with van der Waals surface area (Å²) in [7, 11) is -3.86. The number of hydrazine groups is 1. The van der Waals surface area contributed by atoms with Crippen molar-refractivity contribution in [3.63, 3.8) is 0 Å². The molecule has 11 heteroatoms. The monoisotopic (exact) mass is 329 g/mol. The van der Waals surface area contributed by atoms with E-state index >= 15 is 0 Å². The van der Waals surface area contributed by atoms with Gasteiger partial charge in [0.15, 0.2) is 0 Å². The zero-order chi connectivity index (χ0) is 15.5. The SMILES string of the molecule is NNc1ccc(S(=O)(=O)NCc2cncs2)cc1[N+](=O)[O-]. The molecule has 21 heavy (non-hydrogen) atoms. The van der Waals surface area contributed by atoms with E-state index < -0.39 is 20.6 Å². The van der Waals surface area contributed by atoms with E-state index in [9.17, 15) is 18.5 Å². The Balaban J connectivity index is 2.27. The van der Waals surface area contributed by atoms with Crippen molar-refractivity contribution in [3.05, 3.63) is 44.9 Å². The van der Waals surface area contributed by atoms with Crippen LogP contribution in [0.15, 0.2) is 34.8 Å². The third-order valence-electron chi connectivity index (χ3n) is 2.55. The van der Waals surface area contributed by atoms with Gasteiger partial charge in [0.2, 0.25) is 10.0 Å². The molecule has 2 aromatic rings. The maximum Gasteiger partial charge on any atom is 0.294 e. The lowest BCUT2D eigenvalue weighted by molar-refractivity contribution is -0.384. The molecular formula is C10H11N5O4S2. The van der Waals surface area contributed by atoms with Crippen LogP contribution in [-0.2, 0) is 16.6 Å². The number of nitrogens with one attached hydrogen (secondary N) is 2. The molecule has 0 atom stereocenters. The van der Waals surface area contributed by atoms with Crippen molar-refractivity contribution in [1.29, 1.82) is 0 Å². The molecule has 0 saturated heterocycles. The van der Waals surface area contributed by atoms with Gasteiger partial charge in [0, 0.05) is 23.7 Å². The molecule has 0 amide bonds. The van der Waals surface area contributed by atoms with Crippen molar-refractivity contribution in [2.45, 2.75) is 11.4 Å². The smallest absolute Gasteiger partial charge is 0.294 e. The van der Waals surface area contributed by atoms with Crippen molar-refractivity contribution < 1.29 is 13.3 Å². The highest BCUT2D eigenvalue weighted by Gasteiger charge is 2.21. The first-order valence-electron chi connectivity index (χ1n) is 5.56. The summed E-state index contributed by atoms with van der Waals surface area (Å²) in [6.07, 6.45) is 1.54. The number of nitrogen functional groups attached to an aromatic ring is 1. The molecule has 1 aromatic carbocycles. The number of rotatable bonds is 6. The fourth-order valence-electron chi connectivity index (χ4n) is 1.53. The third-order valence-corrected chi connectivity index (χ3v) is 4.73. The molecular weight excluding hydrogens is 318 g/mol. The fraction of sp³-hybridized carbons (Fsp3) is 0.100. The number of sulfonamides is 1. The van der Waals surface area contributed by atoms with Crippen molar-refractivity contribution in [1.82, 2.24) is 9.71 Å². The van der Waals surface area contributed by atoms with Gasteiger partial charge in [-0.2, -0.15) is 0 Å². The molecule has 2 rings (SSSR count). The predicted octanol–water partition coefficient (Wildman–Crippen LogP) is 0.815. The average molecular weight is 329 g/mol. The van der Waals surface area contributed by atoms with Crippen molar-refractivity contribution in [2.75, 3.05) is 5.43 Å². The number of aromatic nitrogens is 1. The Bertz CT molecular complexity index is 745. The summed E-state index contributed by atoms with van der Waals surface area (Å²) in [5, 5.41) is 10.9.